The zero-order valence-corrected chi connectivity index (χ0v) is 14.4. The molecule has 7 heteroatoms. The molecule has 0 aliphatic carbocycles. The van der Waals surface area contributed by atoms with Crippen molar-refractivity contribution in [3.63, 3.8) is 0 Å². The SMILES string of the molecule is CC(C)OC(=O)CN1C(=O)S/C(=C\c2cccc(Br)c2)C1=O. The van der Waals surface area contributed by atoms with Crippen molar-refractivity contribution in [2.45, 2.75) is 20.0 Å². The van der Waals surface area contributed by atoms with Crippen molar-refractivity contribution in [3.8, 4) is 0 Å². The van der Waals surface area contributed by atoms with Crippen LogP contribution in [0.15, 0.2) is 33.6 Å². The van der Waals surface area contributed by atoms with E-state index in [0.717, 1.165) is 26.7 Å². The Labute approximate surface area is 140 Å². The number of carbonyl (C=O) groups is 3. The van der Waals surface area contributed by atoms with Gasteiger partial charge in [-0.1, -0.05) is 28.1 Å². The topological polar surface area (TPSA) is 63.7 Å². The molecule has 1 fully saturated rings. The first-order valence-electron chi connectivity index (χ1n) is 6.57. The molecule has 0 saturated carbocycles. The first-order chi connectivity index (χ1) is 10.4. The Kier molecular flexibility index (Phi) is 5.42. The molecule has 1 aliphatic rings. The molecule has 1 saturated heterocycles. The van der Waals surface area contributed by atoms with E-state index in [4.69, 9.17) is 4.74 Å². The Morgan fingerprint density at radius 1 is 1.41 bits per heavy atom. The molecule has 0 spiro atoms. The van der Waals surface area contributed by atoms with Gasteiger partial charge in [-0.05, 0) is 49.4 Å². The van der Waals surface area contributed by atoms with E-state index in [-0.39, 0.29) is 12.6 Å². The van der Waals surface area contributed by atoms with Crippen LogP contribution in [0.5, 0.6) is 0 Å². The Morgan fingerprint density at radius 2 is 2.14 bits per heavy atom. The van der Waals surface area contributed by atoms with Crippen molar-refractivity contribution in [1.29, 1.82) is 0 Å². The van der Waals surface area contributed by atoms with Crippen LogP contribution in [-0.4, -0.2) is 34.7 Å². The largest absolute Gasteiger partial charge is 0.462 e. The number of carbonyl (C=O) groups excluding carboxylic acids is 3. The molecule has 0 atom stereocenters. The minimum Gasteiger partial charge on any atom is -0.462 e. The van der Waals surface area contributed by atoms with Gasteiger partial charge >= 0.3 is 5.97 Å². The lowest BCUT2D eigenvalue weighted by Crippen LogP contribution is -2.35. The lowest BCUT2D eigenvalue weighted by atomic mass is 10.2. The van der Waals surface area contributed by atoms with Gasteiger partial charge in [0.05, 0.1) is 11.0 Å². The van der Waals surface area contributed by atoms with E-state index < -0.39 is 17.1 Å². The quantitative estimate of drug-likeness (QED) is 0.588. The minimum atomic E-state index is -0.596. The van der Waals surface area contributed by atoms with E-state index in [1.807, 2.05) is 24.3 Å². The van der Waals surface area contributed by atoms with Gasteiger partial charge in [-0.25, -0.2) is 0 Å². The molecule has 116 valence electrons. The molecule has 0 bridgehead atoms. The molecule has 0 unspecified atom stereocenters. The molecule has 1 aromatic rings. The zero-order chi connectivity index (χ0) is 16.3. The van der Waals surface area contributed by atoms with Gasteiger partial charge in [-0.3, -0.25) is 19.3 Å². The highest BCUT2D eigenvalue weighted by atomic mass is 79.9. The van der Waals surface area contributed by atoms with Crippen molar-refractivity contribution in [1.82, 2.24) is 4.90 Å². The summed E-state index contributed by atoms with van der Waals surface area (Å²) in [6.45, 7) is 3.05. The third kappa shape index (κ3) is 4.20. The molecule has 1 aromatic carbocycles. The normalized spacial score (nSPS) is 16.7. The van der Waals surface area contributed by atoms with Crippen LogP contribution in [0.1, 0.15) is 19.4 Å². The maximum absolute atomic E-state index is 12.2. The van der Waals surface area contributed by atoms with Gasteiger partial charge in [0.25, 0.3) is 11.1 Å². The van der Waals surface area contributed by atoms with Gasteiger partial charge in [0.1, 0.15) is 6.54 Å². The fourth-order valence-corrected chi connectivity index (χ4v) is 3.07. The first kappa shape index (κ1) is 16.8. The number of halogens is 1. The summed E-state index contributed by atoms with van der Waals surface area (Å²) in [7, 11) is 0. The lowest BCUT2D eigenvalue weighted by molar-refractivity contribution is -0.149. The molecule has 1 heterocycles. The van der Waals surface area contributed by atoms with Gasteiger partial charge in [-0.15, -0.1) is 0 Å². The van der Waals surface area contributed by atoms with Crippen LogP contribution >= 0.6 is 27.7 Å². The predicted octanol–water partition coefficient (Wildman–Crippen LogP) is 3.44. The van der Waals surface area contributed by atoms with E-state index in [9.17, 15) is 14.4 Å². The van der Waals surface area contributed by atoms with Crippen molar-refractivity contribution >= 4 is 50.9 Å². The molecular weight excluding hydrogens is 370 g/mol. The second kappa shape index (κ2) is 7.11. The van der Waals surface area contributed by atoms with E-state index >= 15 is 0 Å². The molecule has 5 nitrogen and oxygen atoms in total. The van der Waals surface area contributed by atoms with Gasteiger partial charge < -0.3 is 4.74 Å². The van der Waals surface area contributed by atoms with Crippen molar-refractivity contribution in [2.24, 2.45) is 0 Å². The number of rotatable bonds is 4. The fraction of sp³-hybridized carbons (Fsp3) is 0.267. The van der Waals surface area contributed by atoms with Gasteiger partial charge in [0, 0.05) is 4.47 Å². The van der Waals surface area contributed by atoms with Crippen molar-refractivity contribution in [2.75, 3.05) is 6.54 Å². The van der Waals surface area contributed by atoms with E-state index in [2.05, 4.69) is 15.9 Å². The number of imide groups is 1. The first-order valence-corrected chi connectivity index (χ1v) is 8.18. The fourth-order valence-electron chi connectivity index (χ4n) is 1.81. The van der Waals surface area contributed by atoms with Gasteiger partial charge in [-0.2, -0.15) is 0 Å². The summed E-state index contributed by atoms with van der Waals surface area (Å²) >= 11 is 4.17. The van der Waals surface area contributed by atoms with Crippen molar-refractivity contribution in [3.05, 3.63) is 39.2 Å². The summed E-state index contributed by atoms with van der Waals surface area (Å²) < 4.78 is 5.83. The van der Waals surface area contributed by atoms with Crippen LogP contribution in [0, 0.1) is 0 Å². The summed E-state index contributed by atoms with van der Waals surface area (Å²) in [6, 6.07) is 7.36. The number of thioether (sulfide) groups is 1. The summed E-state index contributed by atoms with van der Waals surface area (Å²) in [6.07, 6.45) is 1.34. The molecule has 22 heavy (non-hydrogen) atoms. The van der Waals surface area contributed by atoms with Crippen LogP contribution in [0.25, 0.3) is 6.08 Å². The average molecular weight is 384 g/mol. The summed E-state index contributed by atoms with van der Waals surface area (Å²) in [5.41, 5.74) is 0.796. The van der Waals surface area contributed by atoms with E-state index in [1.54, 1.807) is 19.9 Å². The highest BCUT2D eigenvalue weighted by Gasteiger charge is 2.36. The molecular formula is C15H14BrNO4S. The van der Waals surface area contributed by atoms with E-state index in [0.29, 0.717) is 4.91 Å². The molecule has 0 N–H and O–H groups in total. The van der Waals surface area contributed by atoms with E-state index in [1.165, 1.54) is 0 Å². The Morgan fingerprint density at radius 3 is 2.77 bits per heavy atom. The molecule has 2 rings (SSSR count). The van der Waals surface area contributed by atoms with Gasteiger partial charge in [0.2, 0.25) is 0 Å². The number of hydrogen-bond donors (Lipinski definition) is 0. The lowest BCUT2D eigenvalue weighted by Gasteiger charge is -2.13. The zero-order valence-electron chi connectivity index (χ0n) is 12.0. The predicted molar refractivity (Wildman–Crippen MR) is 88.0 cm³/mol. The monoisotopic (exact) mass is 383 g/mol. The number of ether oxygens (including phenoxy) is 1. The van der Waals surface area contributed by atoms with Crippen LogP contribution < -0.4 is 0 Å². The number of amides is 2. The Hall–Kier alpha value is -1.60. The average Bonchev–Trinajstić information content (AvgIpc) is 2.66. The number of nitrogens with zero attached hydrogens (tertiary/aromatic N) is 1. The standard InChI is InChI=1S/C15H14BrNO4S/c1-9(2)21-13(18)8-17-14(19)12(22-15(17)20)7-10-4-3-5-11(16)6-10/h3-7,9H,8H2,1-2H3/b12-7-. The third-order valence-corrected chi connectivity index (χ3v) is 4.08. The highest BCUT2D eigenvalue weighted by Crippen LogP contribution is 2.32. The maximum Gasteiger partial charge on any atom is 0.326 e. The summed E-state index contributed by atoms with van der Waals surface area (Å²) in [5, 5.41) is -0.466. The Bertz CT molecular complexity index is 657. The molecule has 0 radical (unpaired) electrons. The van der Waals surface area contributed by atoms with Crippen molar-refractivity contribution < 1.29 is 19.1 Å². The smallest absolute Gasteiger partial charge is 0.326 e. The Balaban J connectivity index is 2.13. The van der Waals surface area contributed by atoms with Crippen LogP contribution in [0.3, 0.4) is 0 Å². The highest BCUT2D eigenvalue weighted by molar-refractivity contribution is 9.10. The number of benzene rings is 1. The maximum atomic E-state index is 12.2. The third-order valence-electron chi connectivity index (χ3n) is 2.67. The summed E-state index contributed by atoms with van der Waals surface area (Å²) in [4.78, 5) is 36.9. The molecule has 2 amide bonds. The minimum absolute atomic E-state index is 0.287. The molecule has 1 aliphatic heterocycles. The van der Waals surface area contributed by atoms with Crippen LogP contribution in [0.4, 0.5) is 4.79 Å². The number of hydrogen-bond acceptors (Lipinski definition) is 5. The molecule has 0 aromatic heterocycles. The number of esters is 1. The summed E-state index contributed by atoms with van der Waals surface area (Å²) in [5.74, 6) is -1.07. The van der Waals surface area contributed by atoms with Crippen LogP contribution in [-0.2, 0) is 14.3 Å². The second-order valence-corrected chi connectivity index (χ2v) is 6.77. The van der Waals surface area contributed by atoms with Gasteiger partial charge in [0.15, 0.2) is 0 Å². The van der Waals surface area contributed by atoms with Crippen LogP contribution in [0.2, 0.25) is 0 Å². The second-order valence-electron chi connectivity index (χ2n) is 4.86.